The number of nitrogens with one attached hydrogen (secondary N) is 1. The summed E-state index contributed by atoms with van der Waals surface area (Å²) in [6.07, 6.45) is 4.58. The number of carbonyl (C=O) groups excluding carboxylic acids is 1. The first-order valence-corrected chi connectivity index (χ1v) is 2.71. The van der Waals surface area contributed by atoms with Crippen molar-refractivity contribution < 1.29 is 4.79 Å². The third kappa shape index (κ3) is 4.74. The maximum Gasteiger partial charge on any atom is 0.263 e. The Labute approximate surface area is 54.5 Å². The summed E-state index contributed by atoms with van der Waals surface area (Å²) in [5.74, 6) is -0.199. The standard InChI is InChI=1S/C6H10N2O/c1-3-5-6(9)8-7-4-2/h3-5H,1-2H3,(H,8,9)/b5-3-,7-4-. The summed E-state index contributed by atoms with van der Waals surface area (Å²) in [6.45, 7) is 3.51. The van der Waals surface area contributed by atoms with E-state index in [2.05, 4.69) is 10.5 Å². The van der Waals surface area contributed by atoms with Crippen molar-refractivity contribution in [3.8, 4) is 0 Å². The minimum absolute atomic E-state index is 0.199. The van der Waals surface area contributed by atoms with Gasteiger partial charge in [-0.3, -0.25) is 4.79 Å². The monoisotopic (exact) mass is 126 g/mol. The van der Waals surface area contributed by atoms with Crippen LogP contribution in [0, 0.1) is 0 Å². The predicted octanol–water partition coefficient (Wildman–Crippen LogP) is 0.684. The van der Waals surface area contributed by atoms with Gasteiger partial charge in [0.05, 0.1) is 0 Å². The SMILES string of the molecule is C/C=C\C(=O)N/N=C\C. The van der Waals surface area contributed by atoms with E-state index in [4.69, 9.17) is 0 Å². The molecule has 0 saturated heterocycles. The Balaban J connectivity index is 3.51. The highest BCUT2D eigenvalue weighted by Crippen LogP contribution is 1.69. The number of nitrogens with zero attached hydrogens (tertiary/aromatic N) is 1. The van der Waals surface area contributed by atoms with Gasteiger partial charge in [-0.05, 0) is 13.8 Å². The molecule has 1 amide bonds. The molecule has 9 heavy (non-hydrogen) atoms. The molecule has 0 aliphatic carbocycles. The summed E-state index contributed by atoms with van der Waals surface area (Å²) in [5, 5.41) is 3.51. The number of hydrogen-bond donors (Lipinski definition) is 1. The molecule has 0 unspecified atom stereocenters. The summed E-state index contributed by atoms with van der Waals surface area (Å²) in [7, 11) is 0. The molecule has 0 aliphatic rings. The van der Waals surface area contributed by atoms with Gasteiger partial charge in [-0.15, -0.1) is 0 Å². The Bertz CT molecular complexity index is 138. The molecule has 1 N–H and O–H groups in total. The van der Waals surface area contributed by atoms with Crippen LogP contribution in [0.4, 0.5) is 0 Å². The molecule has 0 rings (SSSR count). The van der Waals surface area contributed by atoms with Gasteiger partial charge in [-0.25, -0.2) is 5.43 Å². The van der Waals surface area contributed by atoms with Gasteiger partial charge < -0.3 is 0 Å². The Morgan fingerprint density at radius 2 is 2.22 bits per heavy atom. The van der Waals surface area contributed by atoms with Gasteiger partial charge in [0.2, 0.25) is 0 Å². The van der Waals surface area contributed by atoms with Crippen molar-refractivity contribution in [1.29, 1.82) is 0 Å². The lowest BCUT2D eigenvalue weighted by atomic mass is 10.5. The van der Waals surface area contributed by atoms with Crippen LogP contribution in [0.15, 0.2) is 17.3 Å². The molecule has 0 radical (unpaired) electrons. The average molecular weight is 126 g/mol. The number of carbonyl (C=O) groups is 1. The molecular weight excluding hydrogens is 116 g/mol. The fourth-order valence-electron chi connectivity index (χ4n) is 0.317. The first-order chi connectivity index (χ1) is 4.31. The highest BCUT2D eigenvalue weighted by molar-refractivity contribution is 5.87. The highest BCUT2D eigenvalue weighted by atomic mass is 16.2. The molecule has 0 saturated carbocycles. The third-order valence-electron chi connectivity index (χ3n) is 0.622. The molecule has 50 valence electrons. The van der Waals surface area contributed by atoms with Gasteiger partial charge in [0.1, 0.15) is 0 Å². The molecule has 0 atom stereocenters. The van der Waals surface area contributed by atoms with Crippen LogP contribution in [0.3, 0.4) is 0 Å². The lowest BCUT2D eigenvalue weighted by Crippen LogP contribution is -2.13. The Morgan fingerprint density at radius 3 is 2.67 bits per heavy atom. The third-order valence-corrected chi connectivity index (χ3v) is 0.622. The fourth-order valence-corrected chi connectivity index (χ4v) is 0.317. The van der Waals surface area contributed by atoms with Gasteiger partial charge in [0, 0.05) is 12.3 Å². The molecule has 0 aromatic rings. The van der Waals surface area contributed by atoms with E-state index in [9.17, 15) is 4.79 Å². The zero-order valence-electron chi connectivity index (χ0n) is 5.59. The highest BCUT2D eigenvalue weighted by Gasteiger charge is 1.85. The normalized spacial score (nSPS) is 10.9. The smallest absolute Gasteiger partial charge is 0.263 e. The predicted molar refractivity (Wildman–Crippen MR) is 37.1 cm³/mol. The number of amides is 1. The summed E-state index contributed by atoms with van der Waals surface area (Å²) < 4.78 is 0. The van der Waals surface area contributed by atoms with E-state index in [0.29, 0.717) is 0 Å². The minimum atomic E-state index is -0.199. The van der Waals surface area contributed by atoms with Crippen LogP contribution in [-0.4, -0.2) is 12.1 Å². The van der Waals surface area contributed by atoms with Crippen LogP contribution >= 0.6 is 0 Å². The van der Waals surface area contributed by atoms with E-state index in [1.807, 2.05) is 0 Å². The molecule has 0 fully saturated rings. The van der Waals surface area contributed by atoms with Crippen molar-refractivity contribution in [2.24, 2.45) is 5.10 Å². The Hall–Kier alpha value is -1.12. The minimum Gasteiger partial charge on any atom is -0.268 e. The van der Waals surface area contributed by atoms with Crippen molar-refractivity contribution in [2.45, 2.75) is 13.8 Å². The van der Waals surface area contributed by atoms with Crippen LogP contribution in [0.25, 0.3) is 0 Å². The zero-order valence-corrected chi connectivity index (χ0v) is 5.59. The summed E-state index contributed by atoms with van der Waals surface area (Å²) in [6, 6.07) is 0. The van der Waals surface area contributed by atoms with Crippen molar-refractivity contribution in [3.05, 3.63) is 12.2 Å². The van der Waals surface area contributed by atoms with Crippen molar-refractivity contribution in [2.75, 3.05) is 0 Å². The molecule has 0 aliphatic heterocycles. The largest absolute Gasteiger partial charge is 0.268 e. The molecule has 0 aromatic carbocycles. The van der Waals surface area contributed by atoms with E-state index >= 15 is 0 Å². The van der Waals surface area contributed by atoms with Crippen LogP contribution < -0.4 is 5.43 Å². The second-order valence-electron chi connectivity index (χ2n) is 1.36. The van der Waals surface area contributed by atoms with Crippen molar-refractivity contribution in [3.63, 3.8) is 0 Å². The summed E-state index contributed by atoms with van der Waals surface area (Å²) >= 11 is 0. The molecule has 0 spiro atoms. The molecule has 0 bridgehead atoms. The van der Waals surface area contributed by atoms with Crippen LogP contribution in [0.5, 0.6) is 0 Å². The quantitative estimate of drug-likeness (QED) is 0.330. The van der Waals surface area contributed by atoms with Gasteiger partial charge in [-0.1, -0.05) is 6.08 Å². The van der Waals surface area contributed by atoms with E-state index < -0.39 is 0 Å². The maximum atomic E-state index is 10.5. The lowest BCUT2D eigenvalue weighted by molar-refractivity contribution is -0.116. The van der Waals surface area contributed by atoms with Crippen molar-refractivity contribution in [1.82, 2.24) is 5.43 Å². The van der Waals surface area contributed by atoms with Crippen LogP contribution in [-0.2, 0) is 4.79 Å². The molecular formula is C6H10N2O. The number of hydrazone groups is 1. The van der Waals surface area contributed by atoms with E-state index in [0.717, 1.165) is 0 Å². The first-order valence-electron chi connectivity index (χ1n) is 2.71. The number of rotatable bonds is 2. The zero-order chi connectivity index (χ0) is 7.11. The van der Waals surface area contributed by atoms with E-state index in [-0.39, 0.29) is 5.91 Å². The Morgan fingerprint density at radius 1 is 1.56 bits per heavy atom. The van der Waals surface area contributed by atoms with Gasteiger partial charge in [-0.2, -0.15) is 5.10 Å². The Kier molecular flexibility index (Phi) is 4.40. The van der Waals surface area contributed by atoms with Crippen molar-refractivity contribution >= 4 is 12.1 Å². The molecule has 0 heterocycles. The topological polar surface area (TPSA) is 41.5 Å². The second-order valence-corrected chi connectivity index (χ2v) is 1.36. The average Bonchev–Trinajstić information content (AvgIpc) is 1.85. The summed E-state index contributed by atoms with van der Waals surface area (Å²) in [5.41, 5.74) is 2.28. The maximum absolute atomic E-state index is 10.5. The second kappa shape index (κ2) is 5.03. The molecule has 0 aromatic heterocycles. The number of allylic oxidation sites excluding steroid dienone is 1. The van der Waals surface area contributed by atoms with Crippen LogP contribution in [0.1, 0.15) is 13.8 Å². The summed E-state index contributed by atoms with van der Waals surface area (Å²) in [4.78, 5) is 10.5. The van der Waals surface area contributed by atoms with Gasteiger partial charge in [0.25, 0.3) is 5.91 Å². The van der Waals surface area contributed by atoms with E-state index in [1.54, 1.807) is 19.9 Å². The van der Waals surface area contributed by atoms with Gasteiger partial charge >= 0.3 is 0 Å². The first kappa shape index (κ1) is 7.88. The van der Waals surface area contributed by atoms with Crippen LogP contribution in [0.2, 0.25) is 0 Å². The molecule has 3 heteroatoms. The molecule has 3 nitrogen and oxygen atoms in total. The fraction of sp³-hybridized carbons (Fsp3) is 0.333. The lowest BCUT2D eigenvalue weighted by Gasteiger charge is -1.87. The van der Waals surface area contributed by atoms with E-state index in [1.165, 1.54) is 12.3 Å². The van der Waals surface area contributed by atoms with Gasteiger partial charge in [0.15, 0.2) is 0 Å². The number of hydrogen-bond acceptors (Lipinski definition) is 2.